The van der Waals surface area contributed by atoms with E-state index in [1.807, 2.05) is 24.3 Å². The van der Waals surface area contributed by atoms with Crippen LogP contribution in [0.5, 0.6) is 0 Å². The summed E-state index contributed by atoms with van der Waals surface area (Å²) < 4.78 is 5.57. The minimum Gasteiger partial charge on any atom is -0.379 e. The molecule has 2 aromatic rings. The molecule has 0 aliphatic carbocycles. The largest absolute Gasteiger partial charge is 0.379 e. The number of aryl methyl sites for hydroxylation is 1. The Balaban J connectivity index is 1.35. The summed E-state index contributed by atoms with van der Waals surface area (Å²) >= 11 is 0. The number of aromatic nitrogens is 2. The minimum atomic E-state index is -0.446. The number of piperazine rings is 1. The van der Waals surface area contributed by atoms with E-state index in [9.17, 15) is 14.4 Å². The van der Waals surface area contributed by atoms with Gasteiger partial charge < -0.3 is 24.8 Å². The first-order chi connectivity index (χ1) is 14.1. The lowest BCUT2D eigenvalue weighted by molar-refractivity contribution is -0.143. The second-order valence-corrected chi connectivity index (χ2v) is 7.42. The zero-order valence-corrected chi connectivity index (χ0v) is 16.2. The predicted octanol–water partition coefficient (Wildman–Crippen LogP) is -0.0711. The Hall–Kier alpha value is -2.94. The highest BCUT2D eigenvalue weighted by atomic mass is 16.5. The average Bonchev–Trinajstić information content (AvgIpc) is 2.99. The van der Waals surface area contributed by atoms with Crippen molar-refractivity contribution in [3.05, 3.63) is 30.1 Å². The van der Waals surface area contributed by atoms with E-state index in [-0.39, 0.29) is 30.9 Å². The molecule has 9 heteroatoms. The van der Waals surface area contributed by atoms with Crippen molar-refractivity contribution < 1.29 is 19.1 Å². The number of amides is 3. The molecule has 3 amide bonds. The Bertz CT molecular complexity index is 878. The van der Waals surface area contributed by atoms with Crippen LogP contribution in [0.2, 0.25) is 0 Å². The third-order valence-corrected chi connectivity index (χ3v) is 5.33. The smallest absolute Gasteiger partial charge is 0.239 e. The molecule has 9 nitrogen and oxygen atoms in total. The van der Waals surface area contributed by atoms with Crippen molar-refractivity contribution in [1.29, 1.82) is 0 Å². The van der Waals surface area contributed by atoms with E-state index >= 15 is 0 Å². The maximum absolute atomic E-state index is 12.8. The molecular weight excluding hydrogens is 374 g/mol. The molecule has 0 spiro atoms. The van der Waals surface area contributed by atoms with Gasteiger partial charge in [-0.3, -0.25) is 14.4 Å². The van der Waals surface area contributed by atoms with Crippen LogP contribution in [0.25, 0.3) is 11.0 Å². The van der Waals surface area contributed by atoms with E-state index in [2.05, 4.69) is 15.3 Å². The Morgan fingerprint density at radius 1 is 1.21 bits per heavy atom. The predicted molar refractivity (Wildman–Crippen MR) is 105 cm³/mol. The summed E-state index contributed by atoms with van der Waals surface area (Å²) in [6.45, 7) is 2.46. The van der Waals surface area contributed by atoms with Crippen molar-refractivity contribution in [2.24, 2.45) is 5.92 Å². The molecule has 29 heavy (non-hydrogen) atoms. The van der Waals surface area contributed by atoms with Gasteiger partial charge in [-0.25, -0.2) is 4.98 Å². The van der Waals surface area contributed by atoms with Gasteiger partial charge in [-0.2, -0.15) is 0 Å². The first kappa shape index (κ1) is 19.4. The molecule has 2 aliphatic rings. The Kier molecular flexibility index (Phi) is 5.75. The van der Waals surface area contributed by atoms with Crippen LogP contribution >= 0.6 is 0 Å². The number of aromatic amines is 1. The van der Waals surface area contributed by atoms with E-state index in [1.165, 1.54) is 0 Å². The molecule has 154 valence electrons. The van der Waals surface area contributed by atoms with E-state index in [0.717, 1.165) is 16.9 Å². The fourth-order valence-electron chi connectivity index (χ4n) is 3.78. The highest BCUT2D eigenvalue weighted by Gasteiger charge is 2.32. The molecule has 0 saturated carbocycles. The molecule has 0 bridgehead atoms. The molecule has 1 unspecified atom stereocenters. The van der Waals surface area contributed by atoms with Gasteiger partial charge in [-0.1, -0.05) is 12.1 Å². The quantitative estimate of drug-likeness (QED) is 0.748. The molecule has 2 saturated heterocycles. The van der Waals surface area contributed by atoms with Crippen LogP contribution in [0.1, 0.15) is 12.2 Å². The number of imidazole rings is 1. The molecule has 2 aliphatic heterocycles. The lowest BCUT2D eigenvalue weighted by Crippen LogP contribution is -2.53. The topological polar surface area (TPSA) is 108 Å². The van der Waals surface area contributed by atoms with Gasteiger partial charge in [0.25, 0.3) is 0 Å². The highest BCUT2D eigenvalue weighted by Crippen LogP contribution is 2.15. The van der Waals surface area contributed by atoms with Crippen LogP contribution in [0.3, 0.4) is 0 Å². The number of H-pyrrole nitrogens is 1. The fraction of sp³-hybridized carbons (Fsp3) is 0.500. The third-order valence-electron chi connectivity index (χ3n) is 5.33. The third kappa shape index (κ3) is 4.56. The number of hydrogen-bond donors (Lipinski definition) is 2. The summed E-state index contributed by atoms with van der Waals surface area (Å²) in [4.78, 5) is 48.2. The first-order valence-electron chi connectivity index (χ1n) is 9.95. The number of hydrogen-bond acceptors (Lipinski definition) is 5. The van der Waals surface area contributed by atoms with Crippen LogP contribution in [-0.4, -0.2) is 83.4 Å². The van der Waals surface area contributed by atoms with Gasteiger partial charge in [0.2, 0.25) is 17.7 Å². The number of nitrogens with one attached hydrogen (secondary N) is 2. The lowest BCUT2D eigenvalue weighted by Gasteiger charge is -2.31. The van der Waals surface area contributed by atoms with Gasteiger partial charge >= 0.3 is 0 Å². The molecule has 4 rings (SSSR count). The molecule has 1 atom stereocenters. The summed E-state index contributed by atoms with van der Waals surface area (Å²) in [6.07, 6.45) is 0.822. The van der Waals surface area contributed by atoms with Crippen molar-refractivity contribution in [3.8, 4) is 0 Å². The summed E-state index contributed by atoms with van der Waals surface area (Å²) in [5.74, 6) is 0.0241. The summed E-state index contributed by atoms with van der Waals surface area (Å²) in [5, 5.41) is 2.71. The standard InChI is InChI=1S/C20H25N5O4/c26-18-12-25(8-7-21-18)20(28)14-11-24(9-10-29-13-14)19(27)6-5-17-22-15-3-1-2-4-16(15)23-17/h1-4,14H,5-13H2,(H,21,26)(H,22,23). The number of nitrogens with zero attached hydrogens (tertiary/aromatic N) is 3. The van der Waals surface area contributed by atoms with Gasteiger partial charge in [0.15, 0.2) is 0 Å². The maximum Gasteiger partial charge on any atom is 0.239 e. The van der Waals surface area contributed by atoms with Crippen LogP contribution in [0.15, 0.2) is 24.3 Å². The number of carbonyl (C=O) groups is 3. The molecule has 2 fully saturated rings. The van der Waals surface area contributed by atoms with Crippen molar-refractivity contribution in [3.63, 3.8) is 0 Å². The Morgan fingerprint density at radius 2 is 2.07 bits per heavy atom. The van der Waals surface area contributed by atoms with Crippen molar-refractivity contribution in [2.45, 2.75) is 12.8 Å². The summed E-state index contributed by atoms with van der Waals surface area (Å²) in [6, 6.07) is 7.76. The van der Waals surface area contributed by atoms with Crippen LogP contribution in [0, 0.1) is 5.92 Å². The second kappa shape index (κ2) is 8.60. The number of para-hydroxylation sites is 2. The number of fused-ring (bicyclic) bond motifs is 1. The van der Waals surface area contributed by atoms with Crippen molar-refractivity contribution >= 4 is 28.8 Å². The van der Waals surface area contributed by atoms with Gasteiger partial charge in [-0.05, 0) is 12.1 Å². The van der Waals surface area contributed by atoms with Crippen molar-refractivity contribution in [2.75, 3.05) is 45.9 Å². The van der Waals surface area contributed by atoms with Crippen LogP contribution < -0.4 is 5.32 Å². The minimum absolute atomic E-state index is 0.0230. The second-order valence-electron chi connectivity index (χ2n) is 7.42. The van der Waals surface area contributed by atoms with E-state index in [1.54, 1.807) is 9.80 Å². The van der Waals surface area contributed by atoms with E-state index in [0.29, 0.717) is 45.6 Å². The number of benzene rings is 1. The van der Waals surface area contributed by atoms with Gasteiger partial charge in [0, 0.05) is 39.0 Å². The molecular formula is C20H25N5O4. The van der Waals surface area contributed by atoms with Crippen molar-refractivity contribution in [1.82, 2.24) is 25.1 Å². The fourth-order valence-corrected chi connectivity index (χ4v) is 3.78. The molecule has 1 aromatic heterocycles. The van der Waals surface area contributed by atoms with Crippen LogP contribution in [-0.2, 0) is 25.5 Å². The normalized spacial score (nSPS) is 20.4. The SMILES string of the molecule is O=C1CN(C(=O)C2COCCN(C(=O)CCc3nc4ccccc4[nH]3)C2)CCN1. The number of carbonyl (C=O) groups excluding carboxylic acids is 3. The van der Waals surface area contributed by atoms with E-state index < -0.39 is 5.92 Å². The number of ether oxygens (including phenoxy) is 1. The van der Waals surface area contributed by atoms with Gasteiger partial charge in [0.1, 0.15) is 5.82 Å². The number of rotatable bonds is 4. The maximum atomic E-state index is 12.8. The Morgan fingerprint density at radius 3 is 2.90 bits per heavy atom. The summed E-state index contributed by atoms with van der Waals surface area (Å²) in [5.41, 5.74) is 1.84. The first-order valence-corrected chi connectivity index (χ1v) is 9.95. The van der Waals surface area contributed by atoms with Gasteiger partial charge in [0.05, 0.1) is 36.7 Å². The lowest BCUT2D eigenvalue weighted by atomic mass is 10.1. The van der Waals surface area contributed by atoms with E-state index in [4.69, 9.17) is 4.74 Å². The molecule has 2 N–H and O–H groups in total. The average molecular weight is 399 g/mol. The molecule has 1 aromatic carbocycles. The highest BCUT2D eigenvalue weighted by molar-refractivity contribution is 5.87. The zero-order chi connectivity index (χ0) is 20.2. The monoisotopic (exact) mass is 399 g/mol. The summed E-state index contributed by atoms with van der Waals surface area (Å²) in [7, 11) is 0. The Labute approximate surface area is 168 Å². The van der Waals surface area contributed by atoms with Crippen LogP contribution in [0.4, 0.5) is 0 Å². The molecule has 0 radical (unpaired) electrons. The van der Waals surface area contributed by atoms with Gasteiger partial charge in [-0.15, -0.1) is 0 Å². The molecule has 3 heterocycles. The zero-order valence-electron chi connectivity index (χ0n) is 16.2.